The molecule has 12 heteroatoms. The largest absolute Gasteiger partial charge is 0.467 e. The van der Waals surface area contributed by atoms with E-state index in [1.807, 2.05) is 24.3 Å². The second-order valence-electron chi connectivity index (χ2n) is 12.4. The number of fused-ring (bicyclic) bond motifs is 2. The Bertz CT molecular complexity index is 1670. The molecule has 5 N–H and O–H groups in total. The van der Waals surface area contributed by atoms with Gasteiger partial charge < -0.3 is 31.2 Å². The van der Waals surface area contributed by atoms with Gasteiger partial charge in [-0.25, -0.2) is 14.2 Å². The van der Waals surface area contributed by atoms with Gasteiger partial charge in [-0.05, 0) is 94.8 Å². The van der Waals surface area contributed by atoms with Gasteiger partial charge in [0, 0.05) is 17.7 Å². The molecule has 3 amide bonds. The van der Waals surface area contributed by atoms with Crippen LogP contribution in [0.15, 0.2) is 48.6 Å². The minimum absolute atomic E-state index is 0.165. The first-order valence-electron chi connectivity index (χ1n) is 15.4. The van der Waals surface area contributed by atoms with Crippen molar-refractivity contribution in [2.75, 3.05) is 13.7 Å². The third-order valence-electron chi connectivity index (χ3n) is 7.65. The van der Waals surface area contributed by atoms with Gasteiger partial charge in [-0.3, -0.25) is 14.4 Å². The summed E-state index contributed by atoms with van der Waals surface area (Å²) in [7, 11) is 1.24. The number of allylic oxidation sites excluding steroid dienone is 1. The Hall–Kier alpha value is -4.71. The van der Waals surface area contributed by atoms with Gasteiger partial charge in [0.2, 0.25) is 17.7 Å². The first kappa shape index (κ1) is 34.2. The van der Waals surface area contributed by atoms with Gasteiger partial charge in [0.15, 0.2) is 0 Å². The van der Waals surface area contributed by atoms with Gasteiger partial charge in [0.25, 0.3) is 0 Å². The van der Waals surface area contributed by atoms with Crippen molar-refractivity contribution in [3.05, 3.63) is 59.7 Å². The number of esters is 1. The number of benzene rings is 2. The topological polar surface area (TPSA) is 171 Å². The number of nitrogens with one attached hydrogen (secondary N) is 3. The van der Waals surface area contributed by atoms with Crippen molar-refractivity contribution in [1.29, 1.82) is 0 Å². The van der Waals surface area contributed by atoms with E-state index in [0.717, 1.165) is 10.9 Å². The molecule has 2 heterocycles. The lowest BCUT2D eigenvalue weighted by molar-refractivity contribution is -0.145. The minimum Gasteiger partial charge on any atom is -0.467 e. The maximum atomic E-state index is 13.8. The Balaban J connectivity index is 1.90. The number of hydrogen-bond donors (Lipinski definition) is 4. The molecule has 0 radical (unpaired) electrons. The lowest BCUT2D eigenvalue weighted by atomic mass is 10.0. The summed E-state index contributed by atoms with van der Waals surface area (Å²) < 4.78 is 12.2. The Morgan fingerprint density at radius 3 is 2.33 bits per heavy atom. The zero-order chi connectivity index (χ0) is 33.6. The molecule has 0 saturated carbocycles. The predicted molar refractivity (Wildman–Crippen MR) is 174 cm³/mol. The standard InChI is InChI=1S/C34H43N5O7/c1-20(40)36-29-22-14-16-28-24(19-22)23-18-21(13-15-27(23)39(28)33(44)46-34(2,3)4)10-6-7-12-26(32(43)45-5)38-30(41)25(37-31(29)42)11-8-9-17-35/h6-7,13-16,18-19,25-26,29H,8-12,17,35H2,1-5H3,(H,36,40)(H,37,42)(H,38,41)/b7-6+/t25-,26+,29+/m1/s1. The zero-order valence-corrected chi connectivity index (χ0v) is 27.0. The van der Waals surface area contributed by atoms with E-state index in [-0.39, 0.29) is 12.8 Å². The van der Waals surface area contributed by atoms with Crippen LogP contribution in [0.25, 0.3) is 21.8 Å². The highest BCUT2D eigenvalue weighted by atomic mass is 16.6. The van der Waals surface area contributed by atoms with Crippen LogP contribution in [0.2, 0.25) is 0 Å². The van der Waals surface area contributed by atoms with Crippen LogP contribution in [0, 0.1) is 0 Å². The van der Waals surface area contributed by atoms with Crippen molar-refractivity contribution >= 4 is 51.6 Å². The summed E-state index contributed by atoms with van der Waals surface area (Å²) in [6, 6.07) is 7.71. The summed E-state index contributed by atoms with van der Waals surface area (Å²) >= 11 is 0. The highest BCUT2D eigenvalue weighted by molar-refractivity contribution is 6.13. The number of carbonyl (C=O) groups is 5. The fraction of sp³-hybridized carbons (Fsp3) is 0.441. The molecular formula is C34H43N5O7. The number of ether oxygens (including phenoxy) is 2. The molecule has 1 aliphatic heterocycles. The summed E-state index contributed by atoms with van der Waals surface area (Å²) in [4.78, 5) is 65.7. The normalized spacial score (nSPS) is 19.9. The van der Waals surface area contributed by atoms with E-state index in [0.29, 0.717) is 47.8 Å². The number of methoxy groups -OCH3 is 1. The van der Waals surface area contributed by atoms with Crippen LogP contribution in [0.3, 0.4) is 0 Å². The number of unbranched alkanes of at least 4 members (excludes halogenated alkanes) is 1. The van der Waals surface area contributed by atoms with Gasteiger partial charge >= 0.3 is 12.1 Å². The number of hydrogen-bond acceptors (Lipinski definition) is 8. The molecule has 2 aromatic carbocycles. The Morgan fingerprint density at radius 2 is 1.67 bits per heavy atom. The SMILES string of the molecule is COC(=O)[C@@H]1C/C=C/Cc2ccc3c(c2)c2cc(ccc2n3C(=O)OC(C)(C)C)[C@H](NC(C)=O)C(=O)N[C@H](CCCCN)C(=O)N1. The number of aromatic nitrogens is 1. The Labute approximate surface area is 268 Å². The molecule has 0 unspecified atom stereocenters. The predicted octanol–water partition coefficient (Wildman–Crippen LogP) is 3.53. The van der Waals surface area contributed by atoms with Crippen LogP contribution in [0.5, 0.6) is 0 Å². The average Bonchev–Trinajstić information content (AvgIpc) is 3.32. The number of rotatable bonds is 6. The molecule has 4 bridgehead atoms. The van der Waals surface area contributed by atoms with Gasteiger partial charge in [-0.1, -0.05) is 24.3 Å². The van der Waals surface area contributed by atoms with Gasteiger partial charge in [0.1, 0.15) is 23.7 Å². The highest BCUT2D eigenvalue weighted by Crippen LogP contribution is 2.33. The van der Waals surface area contributed by atoms with Gasteiger partial charge in [-0.15, -0.1) is 0 Å². The smallest absolute Gasteiger partial charge is 0.419 e. The van der Waals surface area contributed by atoms with E-state index in [1.165, 1.54) is 18.6 Å². The number of nitrogens with two attached hydrogens (primary N) is 1. The summed E-state index contributed by atoms with van der Waals surface area (Å²) in [5, 5.41) is 9.65. The summed E-state index contributed by atoms with van der Waals surface area (Å²) in [5.74, 6) is -2.25. The molecular weight excluding hydrogens is 590 g/mol. The second kappa shape index (κ2) is 14.6. The van der Waals surface area contributed by atoms with E-state index in [4.69, 9.17) is 15.2 Å². The van der Waals surface area contributed by atoms with E-state index in [2.05, 4.69) is 16.0 Å². The quantitative estimate of drug-likeness (QED) is 0.181. The van der Waals surface area contributed by atoms with E-state index in [1.54, 1.807) is 45.0 Å². The molecule has 4 rings (SSSR count). The van der Waals surface area contributed by atoms with Crippen molar-refractivity contribution < 1.29 is 33.4 Å². The molecule has 46 heavy (non-hydrogen) atoms. The second-order valence-corrected chi connectivity index (χ2v) is 12.4. The molecule has 0 spiro atoms. The lowest BCUT2D eigenvalue weighted by Gasteiger charge is -2.25. The van der Waals surface area contributed by atoms with Crippen molar-refractivity contribution in [3.8, 4) is 0 Å². The minimum atomic E-state index is -1.16. The highest BCUT2D eigenvalue weighted by Gasteiger charge is 2.31. The first-order valence-corrected chi connectivity index (χ1v) is 15.4. The molecule has 1 aromatic heterocycles. The maximum Gasteiger partial charge on any atom is 0.419 e. The molecule has 0 saturated heterocycles. The third-order valence-corrected chi connectivity index (χ3v) is 7.65. The molecule has 0 fully saturated rings. The molecule has 3 aromatic rings. The fourth-order valence-corrected chi connectivity index (χ4v) is 5.50. The molecule has 1 aliphatic rings. The van der Waals surface area contributed by atoms with Crippen molar-refractivity contribution in [2.24, 2.45) is 5.73 Å². The van der Waals surface area contributed by atoms with Crippen molar-refractivity contribution in [3.63, 3.8) is 0 Å². The number of amides is 3. The van der Waals surface area contributed by atoms with Crippen molar-refractivity contribution in [1.82, 2.24) is 20.5 Å². The van der Waals surface area contributed by atoms with Crippen LogP contribution in [0.1, 0.15) is 70.5 Å². The Kier molecular flexibility index (Phi) is 10.8. The first-order chi connectivity index (χ1) is 21.8. The third kappa shape index (κ3) is 8.11. The van der Waals surface area contributed by atoms with Crippen molar-refractivity contribution in [2.45, 2.75) is 83.5 Å². The zero-order valence-electron chi connectivity index (χ0n) is 27.0. The number of carbonyl (C=O) groups excluding carboxylic acids is 5. The van der Waals surface area contributed by atoms with Crippen LogP contribution >= 0.6 is 0 Å². The maximum absolute atomic E-state index is 13.8. The lowest BCUT2D eigenvalue weighted by Crippen LogP contribution is -2.53. The summed E-state index contributed by atoms with van der Waals surface area (Å²) in [5.41, 5.74) is 7.50. The van der Waals surface area contributed by atoms with E-state index >= 15 is 0 Å². The summed E-state index contributed by atoms with van der Waals surface area (Å²) in [6.45, 7) is 7.09. The van der Waals surface area contributed by atoms with E-state index in [9.17, 15) is 24.0 Å². The Morgan fingerprint density at radius 1 is 0.978 bits per heavy atom. The van der Waals surface area contributed by atoms with Gasteiger partial charge in [0.05, 0.1) is 18.1 Å². The van der Waals surface area contributed by atoms with Crippen LogP contribution in [-0.2, 0) is 35.1 Å². The fourth-order valence-electron chi connectivity index (χ4n) is 5.50. The van der Waals surface area contributed by atoms with Gasteiger partial charge in [-0.2, -0.15) is 0 Å². The molecule has 3 atom stereocenters. The molecule has 246 valence electrons. The van der Waals surface area contributed by atoms with Crippen LogP contribution in [-0.4, -0.2) is 65.7 Å². The molecule has 12 nitrogen and oxygen atoms in total. The van der Waals surface area contributed by atoms with Crippen LogP contribution in [0.4, 0.5) is 4.79 Å². The summed E-state index contributed by atoms with van der Waals surface area (Å²) in [6.07, 6.45) is 5.24. The average molecular weight is 634 g/mol. The van der Waals surface area contributed by atoms with Crippen LogP contribution < -0.4 is 21.7 Å². The molecule has 0 aliphatic carbocycles. The monoisotopic (exact) mass is 633 g/mol. The van der Waals surface area contributed by atoms with E-state index < -0.39 is 53.5 Å². The number of nitrogens with zero attached hydrogens (tertiary/aromatic N) is 1.